The predicted molar refractivity (Wildman–Crippen MR) is 54.5 cm³/mol. The number of rotatable bonds is 5. The van der Waals surface area contributed by atoms with Crippen molar-refractivity contribution in [3.63, 3.8) is 0 Å². The molecule has 0 aromatic heterocycles. The molecule has 1 rings (SSSR count). The summed E-state index contributed by atoms with van der Waals surface area (Å²) in [5.41, 5.74) is 5.36. The van der Waals surface area contributed by atoms with Crippen molar-refractivity contribution >= 4 is 5.78 Å². The summed E-state index contributed by atoms with van der Waals surface area (Å²) in [5, 5.41) is 0. The van der Waals surface area contributed by atoms with Crippen LogP contribution in [-0.4, -0.2) is 12.3 Å². The monoisotopic (exact) mass is 183 g/mol. The van der Waals surface area contributed by atoms with Gasteiger partial charge in [0.25, 0.3) is 0 Å². The maximum absolute atomic E-state index is 11.4. The van der Waals surface area contributed by atoms with E-state index in [0.717, 1.165) is 12.8 Å². The molecule has 0 atom stereocenters. The number of ketones is 1. The maximum Gasteiger partial charge on any atom is 0.133 e. The van der Waals surface area contributed by atoms with E-state index in [2.05, 4.69) is 0 Å². The van der Waals surface area contributed by atoms with Gasteiger partial charge in [0.15, 0.2) is 0 Å². The van der Waals surface area contributed by atoms with Crippen LogP contribution in [0, 0.1) is 5.92 Å². The molecule has 0 aliphatic heterocycles. The highest BCUT2D eigenvalue weighted by molar-refractivity contribution is 5.78. The van der Waals surface area contributed by atoms with Crippen LogP contribution in [0.2, 0.25) is 0 Å². The van der Waals surface area contributed by atoms with Crippen LogP contribution >= 0.6 is 0 Å². The Morgan fingerprint density at radius 2 is 1.92 bits per heavy atom. The highest BCUT2D eigenvalue weighted by atomic mass is 16.1. The van der Waals surface area contributed by atoms with Crippen LogP contribution < -0.4 is 5.73 Å². The molecule has 2 heteroatoms. The Kier molecular flexibility index (Phi) is 5.06. The summed E-state index contributed by atoms with van der Waals surface area (Å²) in [7, 11) is 0. The van der Waals surface area contributed by atoms with E-state index in [0.29, 0.717) is 24.7 Å². The normalized spacial score (nSPS) is 18.8. The molecule has 0 amide bonds. The third-order valence-electron chi connectivity index (χ3n) is 2.90. The quantitative estimate of drug-likeness (QED) is 0.710. The van der Waals surface area contributed by atoms with E-state index in [1.807, 2.05) is 0 Å². The summed E-state index contributed by atoms with van der Waals surface area (Å²) in [6.45, 7) is 0.649. The lowest BCUT2D eigenvalue weighted by Gasteiger charge is -2.20. The van der Waals surface area contributed by atoms with Gasteiger partial charge in [-0.15, -0.1) is 0 Å². The van der Waals surface area contributed by atoms with Crippen LogP contribution in [0.5, 0.6) is 0 Å². The summed E-state index contributed by atoms with van der Waals surface area (Å²) >= 11 is 0. The molecule has 0 heterocycles. The molecule has 0 unspecified atom stereocenters. The summed E-state index contributed by atoms with van der Waals surface area (Å²) in [5.74, 6) is 1.12. The van der Waals surface area contributed by atoms with E-state index in [-0.39, 0.29) is 0 Å². The van der Waals surface area contributed by atoms with Crippen LogP contribution in [0.15, 0.2) is 0 Å². The molecule has 2 N–H and O–H groups in total. The van der Waals surface area contributed by atoms with Gasteiger partial charge in [-0.05, 0) is 18.9 Å². The SMILES string of the molecule is NCCCC(=O)CC1CCCCC1. The van der Waals surface area contributed by atoms with E-state index < -0.39 is 0 Å². The molecular formula is C11H21NO. The standard InChI is InChI=1S/C11H21NO/c12-8-4-7-11(13)9-10-5-2-1-3-6-10/h10H,1-9,12H2. The number of Topliss-reactive ketones (excluding diaryl/α,β-unsaturated/α-hetero) is 1. The zero-order valence-electron chi connectivity index (χ0n) is 8.43. The van der Waals surface area contributed by atoms with Gasteiger partial charge in [0, 0.05) is 12.8 Å². The molecule has 2 nitrogen and oxygen atoms in total. The second kappa shape index (κ2) is 6.14. The van der Waals surface area contributed by atoms with Crippen molar-refractivity contribution in [1.29, 1.82) is 0 Å². The minimum atomic E-state index is 0.428. The molecule has 1 aliphatic rings. The summed E-state index contributed by atoms with van der Waals surface area (Å²) in [6, 6.07) is 0. The van der Waals surface area contributed by atoms with Crippen LogP contribution in [-0.2, 0) is 4.79 Å². The molecular weight excluding hydrogens is 162 g/mol. The Morgan fingerprint density at radius 1 is 1.23 bits per heavy atom. The Hall–Kier alpha value is -0.370. The lowest BCUT2D eigenvalue weighted by molar-refractivity contribution is -0.120. The first kappa shape index (κ1) is 10.7. The molecule has 1 saturated carbocycles. The van der Waals surface area contributed by atoms with Gasteiger partial charge in [-0.3, -0.25) is 4.79 Å². The molecule has 76 valence electrons. The van der Waals surface area contributed by atoms with Gasteiger partial charge in [-0.25, -0.2) is 0 Å². The molecule has 0 radical (unpaired) electrons. The van der Waals surface area contributed by atoms with Gasteiger partial charge >= 0.3 is 0 Å². The topological polar surface area (TPSA) is 43.1 Å². The average Bonchev–Trinajstić information content (AvgIpc) is 2.16. The molecule has 0 aromatic carbocycles. The van der Waals surface area contributed by atoms with Crippen molar-refractivity contribution in [3.8, 4) is 0 Å². The lowest BCUT2D eigenvalue weighted by atomic mass is 9.85. The van der Waals surface area contributed by atoms with Gasteiger partial charge in [0.1, 0.15) is 5.78 Å². The second-order valence-corrected chi connectivity index (χ2v) is 4.14. The Morgan fingerprint density at radius 3 is 2.54 bits per heavy atom. The number of hydrogen-bond donors (Lipinski definition) is 1. The first-order chi connectivity index (χ1) is 6.33. The van der Waals surface area contributed by atoms with Crippen molar-refractivity contribution in [1.82, 2.24) is 0 Å². The Balaban J connectivity index is 2.11. The van der Waals surface area contributed by atoms with E-state index in [1.165, 1.54) is 32.1 Å². The molecule has 1 fully saturated rings. The fourth-order valence-electron chi connectivity index (χ4n) is 2.11. The predicted octanol–water partition coefficient (Wildman–Crippen LogP) is 2.26. The van der Waals surface area contributed by atoms with Crippen molar-refractivity contribution in [3.05, 3.63) is 0 Å². The first-order valence-electron chi connectivity index (χ1n) is 5.54. The van der Waals surface area contributed by atoms with Gasteiger partial charge < -0.3 is 5.73 Å². The van der Waals surface area contributed by atoms with Gasteiger partial charge in [-0.1, -0.05) is 32.1 Å². The largest absolute Gasteiger partial charge is 0.330 e. The van der Waals surface area contributed by atoms with Crippen molar-refractivity contribution in [2.45, 2.75) is 51.4 Å². The number of carbonyl (C=O) groups is 1. The van der Waals surface area contributed by atoms with Gasteiger partial charge in [0.05, 0.1) is 0 Å². The minimum absolute atomic E-state index is 0.428. The highest BCUT2D eigenvalue weighted by Gasteiger charge is 2.16. The maximum atomic E-state index is 11.4. The van der Waals surface area contributed by atoms with Crippen molar-refractivity contribution < 1.29 is 4.79 Å². The van der Waals surface area contributed by atoms with E-state index in [4.69, 9.17) is 5.73 Å². The van der Waals surface area contributed by atoms with Gasteiger partial charge in [0.2, 0.25) is 0 Å². The van der Waals surface area contributed by atoms with Crippen LogP contribution in [0.25, 0.3) is 0 Å². The fraction of sp³-hybridized carbons (Fsp3) is 0.909. The van der Waals surface area contributed by atoms with E-state index in [1.54, 1.807) is 0 Å². The highest BCUT2D eigenvalue weighted by Crippen LogP contribution is 2.26. The Labute approximate surface area is 80.9 Å². The van der Waals surface area contributed by atoms with Crippen LogP contribution in [0.3, 0.4) is 0 Å². The lowest BCUT2D eigenvalue weighted by Crippen LogP contribution is -2.13. The molecule has 0 bridgehead atoms. The zero-order chi connectivity index (χ0) is 9.52. The smallest absolute Gasteiger partial charge is 0.133 e. The summed E-state index contributed by atoms with van der Waals surface area (Å²) < 4.78 is 0. The summed E-state index contributed by atoms with van der Waals surface area (Å²) in [4.78, 5) is 11.4. The second-order valence-electron chi connectivity index (χ2n) is 4.14. The van der Waals surface area contributed by atoms with E-state index >= 15 is 0 Å². The fourth-order valence-corrected chi connectivity index (χ4v) is 2.11. The van der Waals surface area contributed by atoms with Crippen molar-refractivity contribution in [2.75, 3.05) is 6.54 Å². The Bertz CT molecular complexity index is 150. The van der Waals surface area contributed by atoms with Crippen LogP contribution in [0.4, 0.5) is 0 Å². The average molecular weight is 183 g/mol. The molecule has 0 spiro atoms. The minimum Gasteiger partial charge on any atom is -0.330 e. The number of carbonyl (C=O) groups excluding carboxylic acids is 1. The number of nitrogens with two attached hydrogens (primary N) is 1. The first-order valence-corrected chi connectivity index (χ1v) is 5.54. The third kappa shape index (κ3) is 4.41. The third-order valence-corrected chi connectivity index (χ3v) is 2.90. The summed E-state index contributed by atoms with van der Waals surface area (Å²) in [6.07, 6.45) is 8.96. The molecule has 0 aromatic rings. The number of hydrogen-bond acceptors (Lipinski definition) is 2. The van der Waals surface area contributed by atoms with Crippen LogP contribution in [0.1, 0.15) is 51.4 Å². The van der Waals surface area contributed by atoms with Crippen molar-refractivity contribution in [2.24, 2.45) is 11.7 Å². The van der Waals surface area contributed by atoms with E-state index in [9.17, 15) is 4.79 Å². The molecule has 1 aliphatic carbocycles. The molecule has 13 heavy (non-hydrogen) atoms. The zero-order valence-corrected chi connectivity index (χ0v) is 8.43. The molecule has 0 saturated heterocycles. The van der Waals surface area contributed by atoms with Gasteiger partial charge in [-0.2, -0.15) is 0 Å².